The molecular formula is C17H25F3IN3O3. The Labute approximate surface area is 173 Å². The molecule has 10 heteroatoms. The standard InChI is InChI=1S/C17H24F3N3O3.HI/c1-2-25-15(24)11-5-3-4-8-12-22-16(21)23-13-9-6-7-10-14(13)26-17(18,19)20;/h6-7,9-10H,2-5,8,11-12H2,1H3,(H3,21,22,23);1H. The van der Waals surface area contributed by atoms with E-state index in [-0.39, 0.29) is 47.3 Å². The maximum absolute atomic E-state index is 12.4. The van der Waals surface area contributed by atoms with Gasteiger partial charge < -0.3 is 20.5 Å². The maximum Gasteiger partial charge on any atom is 0.573 e. The Morgan fingerprint density at radius 2 is 1.85 bits per heavy atom. The van der Waals surface area contributed by atoms with Gasteiger partial charge in [0, 0.05) is 13.0 Å². The summed E-state index contributed by atoms with van der Waals surface area (Å²) in [6, 6.07) is 5.59. The molecule has 1 rings (SSSR count). The molecule has 0 unspecified atom stereocenters. The highest BCUT2D eigenvalue weighted by Gasteiger charge is 2.32. The average Bonchev–Trinajstić information content (AvgIpc) is 2.54. The zero-order valence-corrected chi connectivity index (χ0v) is 17.4. The molecule has 0 atom stereocenters. The Morgan fingerprint density at radius 3 is 2.52 bits per heavy atom. The summed E-state index contributed by atoms with van der Waals surface area (Å²) >= 11 is 0. The minimum atomic E-state index is -4.78. The quantitative estimate of drug-likeness (QED) is 0.162. The highest BCUT2D eigenvalue weighted by molar-refractivity contribution is 14.0. The first-order valence-corrected chi connectivity index (χ1v) is 8.39. The first-order chi connectivity index (χ1) is 12.3. The van der Waals surface area contributed by atoms with E-state index >= 15 is 0 Å². The van der Waals surface area contributed by atoms with E-state index in [2.05, 4.69) is 15.0 Å². The molecule has 0 aromatic heterocycles. The number of benzene rings is 1. The molecule has 27 heavy (non-hydrogen) atoms. The van der Waals surface area contributed by atoms with E-state index < -0.39 is 6.36 Å². The van der Waals surface area contributed by atoms with E-state index in [4.69, 9.17) is 10.5 Å². The molecule has 0 amide bonds. The van der Waals surface area contributed by atoms with Crippen LogP contribution in [0, 0.1) is 0 Å². The van der Waals surface area contributed by atoms with Crippen LogP contribution in [0.25, 0.3) is 0 Å². The summed E-state index contributed by atoms with van der Waals surface area (Å²) in [5.74, 6) is -0.564. The van der Waals surface area contributed by atoms with Gasteiger partial charge in [-0.3, -0.25) is 9.79 Å². The first kappa shape index (κ1) is 25.3. The molecule has 154 valence electrons. The van der Waals surface area contributed by atoms with Gasteiger partial charge in [0.15, 0.2) is 11.7 Å². The summed E-state index contributed by atoms with van der Waals surface area (Å²) in [5.41, 5.74) is 5.78. The molecule has 0 spiro atoms. The van der Waals surface area contributed by atoms with Gasteiger partial charge >= 0.3 is 12.3 Å². The van der Waals surface area contributed by atoms with Crippen molar-refractivity contribution in [3.8, 4) is 5.75 Å². The van der Waals surface area contributed by atoms with E-state index in [1.165, 1.54) is 18.2 Å². The van der Waals surface area contributed by atoms with Crippen molar-refractivity contribution in [3.63, 3.8) is 0 Å². The third-order valence-electron chi connectivity index (χ3n) is 3.25. The van der Waals surface area contributed by atoms with Crippen LogP contribution >= 0.6 is 24.0 Å². The van der Waals surface area contributed by atoms with Crippen molar-refractivity contribution in [1.82, 2.24) is 0 Å². The number of nitrogens with one attached hydrogen (secondary N) is 1. The summed E-state index contributed by atoms with van der Waals surface area (Å²) in [6.45, 7) is 2.58. The lowest BCUT2D eigenvalue weighted by Gasteiger charge is -2.14. The van der Waals surface area contributed by atoms with E-state index in [0.29, 0.717) is 19.6 Å². The average molecular weight is 503 g/mol. The van der Waals surface area contributed by atoms with Gasteiger partial charge in [0.25, 0.3) is 0 Å². The predicted molar refractivity (Wildman–Crippen MR) is 108 cm³/mol. The van der Waals surface area contributed by atoms with E-state index in [9.17, 15) is 18.0 Å². The van der Waals surface area contributed by atoms with Crippen molar-refractivity contribution < 1.29 is 27.4 Å². The van der Waals surface area contributed by atoms with Crippen LogP contribution in [0.3, 0.4) is 0 Å². The molecule has 3 N–H and O–H groups in total. The molecule has 0 heterocycles. The van der Waals surface area contributed by atoms with Crippen molar-refractivity contribution >= 4 is 41.6 Å². The van der Waals surface area contributed by atoms with Crippen LogP contribution in [-0.2, 0) is 9.53 Å². The number of carbonyl (C=O) groups excluding carboxylic acids is 1. The number of guanidine groups is 1. The Bertz CT molecular complexity index is 598. The summed E-state index contributed by atoms with van der Waals surface area (Å²) < 4.78 is 45.8. The van der Waals surface area contributed by atoms with Crippen LogP contribution < -0.4 is 15.8 Å². The molecule has 1 aromatic carbocycles. The van der Waals surface area contributed by atoms with Gasteiger partial charge in [-0.15, -0.1) is 37.1 Å². The Kier molecular flexibility index (Phi) is 12.6. The van der Waals surface area contributed by atoms with Crippen LogP contribution in [0.5, 0.6) is 5.75 Å². The highest BCUT2D eigenvalue weighted by Crippen LogP contribution is 2.29. The van der Waals surface area contributed by atoms with Gasteiger partial charge in [-0.2, -0.15) is 0 Å². The number of nitrogens with two attached hydrogens (primary N) is 1. The monoisotopic (exact) mass is 503 g/mol. The summed E-state index contributed by atoms with van der Waals surface area (Å²) in [6.07, 6.45) is -1.15. The number of unbranched alkanes of at least 4 members (excludes halogenated alkanes) is 3. The number of nitrogens with zero attached hydrogens (tertiary/aromatic N) is 1. The first-order valence-electron chi connectivity index (χ1n) is 8.39. The minimum absolute atomic E-state index is 0. The maximum atomic E-state index is 12.4. The molecular weight excluding hydrogens is 478 g/mol. The van der Waals surface area contributed by atoms with Crippen LogP contribution in [-0.4, -0.2) is 31.4 Å². The number of rotatable bonds is 10. The number of alkyl halides is 3. The lowest BCUT2D eigenvalue weighted by atomic mass is 10.1. The van der Waals surface area contributed by atoms with Crippen LogP contribution in [0.1, 0.15) is 39.0 Å². The van der Waals surface area contributed by atoms with Crippen molar-refractivity contribution in [2.75, 3.05) is 18.5 Å². The second kappa shape index (κ2) is 13.4. The fourth-order valence-corrected chi connectivity index (χ4v) is 2.13. The molecule has 0 saturated carbocycles. The molecule has 0 aliphatic carbocycles. The number of halogens is 4. The van der Waals surface area contributed by atoms with Gasteiger partial charge in [0.05, 0.1) is 12.3 Å². The van der Waals surface area contributed by atoms with E-state index in [1.54, 1.807) is 13.0 Å². The van der Waals surface area contributed by atoms with Crippen molar-refractivity contribution in [2.45, 2.75) is 45.4 Å². The highest BCUT2D eigenvalue weighted by atomic mass is 127. The predicted octanol–water partition coefficient (Wildman–Crippen LogP) is 4.44. The van der Waals surface area contributed by atoms with Crippen LogP contribution in [0.2, 0.25) is 0 Å². The normalized spacial score (nSPS) is 11.5. The molecule has 0 saturated heterocycles. The van der Waals surface area contributed by atoms with Crippen molar-refractivity contribution in [2.24, 2.45) is 10.7 Å². The summed E-state index contributed by atoms with van der Waals surface area (Å²) in [7, 11) is 0. The van der Waals surface area contributed by atoms with Crippen molar-refractivity contribution in [3.05, 3.63) is 24.3 Å². The third-order valence-corrected chi connectivity index (χ3v) is 3.25. The molecule has 0 radical (unpaired) electrons. The molecule has 6 nitrogen and oxygen atoms in total. The number of carbonyl (C=O) groups is 1. The number of para-hydroxylation sites is 2. The second-order valence-electron chi connectivity index (χ2n) is 5.41. The smallest absolute Gasteiger partial charge is 0.466 e. The second-order valence-corrected chi connectivity index (χ2v) is 5.41. The SMILES string of the molecule is CCOC(=O)CCCCCCN=C(N)Nc1ccccc1OC(F)(F)F.I. The Morgan fingerprint density at radius 1 is 1.19 bits per heavy atom. The molecule has 0 aliphatic rings. The summed E-state index contributed by atoms with van der Waals surface area (Å²) in [4.78, 5) is 15.2. The topological polar surface area (TPSA) is 85.9 Å². The number of hydrogen-bond acceptors (Lipinski definition) is 4. The number of aliphatic imine (C=N–C) groups is 1. The van der Waals surface area contributed by atoms with Crippen molar-refractivity contribution in [1.29, 1.82) is 0 Å². The number of ether oxygens (including phenoxy) is 2. The molecule has 0 bridgehead atoms. The van der Waals surface area contributed by atoms with Gasteiger partial charge in [-0.1, -0.05) is 25.0 Å². The lowest BCUT2D eigenvalue weighted by molar-refractivity contribution is -0.274. The zero-order valence-electron chi connectivity index (χ0n) is 15.1. The van der Waals surface area contributed by atoms with Crippen LogP contribution in [0.15, 0.2) is 29.3 Å². The van der Waals surface area contributed by atoms with Crippen LogP contribution in [0.4, 0.5) is 18.9 Å². The Balaban J connectivity index is 0.00000676. The minimum Gasteiger partial charge on any atom is -0.466 e. The molecule has 1 aromatic rings. The lowest BCUT2D eigenvalue weighted by Crippen LogP contribution is -2.24. The fourth-order valence-electron chi connectivity index (χ4n) is 2.13. The van der Waals surface area contributed by atoms with E-state index in [0.717, 1.165) is 25.7 Å². The largest absolute Gasteiger partial charge is 0.573 e. The number of hydrogen-bond donors (Lipinski definition) is 2. The van der Waals surface area contributed by atoms with E-state index in [1.807, 2.05) is 0 Å². The van der Waals surface area contributed by atoms with Gasteiger partial charge in [-0.25, -0.2) is 0 Å². The third kappa shape index (κ3) is 12.3. The zero-order chi connectivity index (χ0) is 19.4. The number of anilines is 1. The fraction of sp³-hybridized carbons (Fsp3) is 0.529. The van der Waals surface area contributed by atoms with Gasteiger partial charge in [-0.05, 0) is 31.9 Å². The van der Waals surface area contributed by atoms with Gasteiger partial charge in [0.2, 0.25) is 0 Å². The summed E-state index contributed by atoms with van der Waals surface area (Å²) in [5, 5.41) is 2.61. The molecule has 0 aliphatic heterocycles. The molecule has 0 fully saturated rings. The number of esters is 1. The Hall–Kier alpha value is -1.72. The van der Waals surface area contributed by atoms with Gasteiger partial charge in [0.1, 0.15) is 0 Å².